The van der Waals surface area contributed by atoms with Crippen LogP contribution in [0.5, 0.6) is 0 Å². The third-order valence-corrected chi connectivity index (χ3v) is 4.36. The molecule has 0 aromatic heterocycles. The molecular weight excluding hydrogens is 335 g/mol. The third-order valence-electron chi connectivity index (χ3n) is 4.36. The Bertz CT molecular complexity index is 1040. The Labute approximate surface area is 149 Å². The number of hydrogen-bond donors (Lipinski definition) is 0. The van der Waals surface area contributed by atoms with Crippen molar-refractivity contribution in [2.24, 2.45) is 0 Å². The molecule has 4 rings (SSSR count). The van der Waals surface area contributed by atoms with E-state index < -0.39 is 11.6 Å². The van der Waals surface area contributed by atoms with Crippen LogP contribution in [-0.4, -0.2) is 0 Å². The molecule has 0 bridgehead atoms. The van der Waals surface area contributed by atoms with Crippen molar-refractivity contribution in [2.45, 2.75) is 0 Å². The van der Waals surface area contributed by atoms with Crippen molar-refractivity contribution in [1.29, 1.82) is 0 Å². The lowest BCUT2D eigenvalue weighted by Gasteiger charge is -2.31. The highest BCUT2D eigenvalue weighted by Crippen LogP contribution is 2.41. The Morgan fingerprint density at radius 1 is 0.731 bits per heavy atom. The van der Waals surface area contributed by atoms with Crippen molar-refractivity contribution in [1.82, 2.24) is 0 Å². The van der Waals surface area contributed by atoms with E-state index in [4.69, 9.17) is 0 Å². The van der Waals surface area contributed by atoms with Gasteiger partial charge in [0.25, 0.3) is 0 Å². The van der Waals surface area contributed by atoms with Gasteiger partial charge in [-0.2, -0.15) is 0 Å². The number of nitrogens with zero attached hydrogens (tertiary/aromatic N) is 1. The fourth-order valence-corrected chi connectivity index (χ4v) is 3.17. The Balaban J connectivity index is 1.90. The smallest absolute Gasteiger partial charge is 0.133 e. The maximum Gasteiger partial charge on any atom is 0.133 e. The van der Waals surface area contributed by atoms with Gasteiger partial charge >= 0.3 is 0 Å². The highest BCUT2D eigenvalue weighted by atomic mass is 19.1. The van der Waals surface area contributed by atoms with Gasteiger partial charge in [-0.15, -0.1) is 0 Å². The van der Waals surface area contributed by atoms with Crippen LogP contribution < -0.4 is 4.90 Å². The van der Waals surface area contributed by atoms with E-state index in [1.165, 1.54) is 24.3 Å². The van der Waals surface area contributed by atoms with Crippen LogP contribution in [0.1, 0.15) is 5.56 Å². The second-order valence-electron chi connectivity index (χ2n) is 6.00. The first kappa shape index (κ1) is 16.2. The highest BCUT2D eigenvalue weighted by molar-refractivity contribution is 5.90. The summed E-state index contributed by atoms with van der Waals surface area (Å²) < 4.78 is 40.9. The van der Waals surface area contributed by atoms with E-state index >= 15 is 0 Å². The normalized spacial score (nSPS) is 13.0. The lowest BCUT2D eigenvalue weighted by Crippen LogP contribution is -2.18. The monoisotopic (exact) mass is 349 g/mol. The molecule has 26 heavy (non-hydrogen) atoms. The average molecular weight is 349 g/mol. The van der Waals surface area contributed by atoms with Crippen LogP contribution in [-0.2, 0) is 0 Å². The fraction of sp³-hybridized carbons (Fsp3) is 0. The summed E-state index contributed by atoms with van der Waals surface area (Å²) in [5, 5.41) is 0. The largest absolute Gasteiger partial charge is 0.310 e. The molecule has 0 unspecified atom stereocenters. The molecule has 1 nitrogen and oxygen atoms in total. The first-order valence-corrected chi connectivity index (χ1v) is 8.06. The molecule has 1 aliphatic heterocycles. The van der Waals surface area contributed by atoms with Crippen molar-refractivity contribution >= 4 is 17.5 Å². The minimum Gasteiger partial charge on any atom is -0.310 e. The maximum absolute atomic E-state index is 14.3. The van der Waals surface area contributed by atoms with Crippen LogP contribution in [0.3, 0.4) is 0 Å². The molecule has 0 saturated carbocycles. The molecule has 128 valence electrons. The number of halogens is 3. The van der Waals surface area contributed by atoms with Crippen LogP contribution in [0.25, 0.3) is 17.2 Å². The molecule has 0 fully saturated rings. The van der Waals surface area contributed by atoms with Crippen molar-refractivity contribution in [2.75, 3.05) is 4.90 Å². The maximum atomic E-state index is 14.3. The third kappa shape index (κ3) is 2.69. The van der Waals surface area contributed by atoms with Gasteiger partial charge < -0.3 is 4.90 Å². The molecule has 4 heteroatoms. The molecular formula is C22H14F3N. The molecule has 0 saturated heterocycles. The minimum absolute atomic E-state index is 0.319. The molecule has 3 aromatic carbocycles. The minimum atomic E-state index is -0.621. The fourth-order valence-electron chi connectivity index (χ4n) is 3.17. The summed E-state index contributed by atoms with van der Waals surface area (Å²) in [7, 11) is 0. The Morgan fingerprint density at radius 2 is 1.46 bits per heavy atom. The second kappa shape index (κ2) is 6.23. The molecule has 1 heterocycles. The Morgan fingerprint density at radius 3 is 2.19 bits per heavy atom. The molecule has 0 amide bonds. The number of fused-ring (bicyclic) bond motifs is 1. The summed E-state index contributed by atoms with van der Waals surface area (Å²) in [6.45, 7) is 4.05. The van der Waals surface area contributed by atoms with Crippen LogP contribution in [0, 0.1) is 17.5 Å². The van der Waals surface area contributed by atoms with Gasteiger partial charge in [0.1, 0.15) is 17.5 Å². The van der Waals surface area contributed by atoms with E-state index in [-0.39, 0.29) is 5.82 Å². The zero-order valence-electron chi connectivity index (χ0n) is 13.7. The summed E-state index contributed by atoms with van der Waals surface area (Å²) in [6.07, 6.45) is 3.67. The summed E-state index contributed by atoms with van der Waals surface area (Å²) in [5.74, 6) is -1.56. The van der Waals surface area contributed by atoms with Crippen LogP contribution in [0.4, 0.5) is 24.5 Å². The van der Waals surface area contributed by atoms with E-state index in [1.807, 2.05) is 23.1 Å². The van der Waals surface area contributed by atoms with Crippen molar-refractivity contribution < 1.29 is 13.2 Å². The predicted molar refractivity (Wildman–Crippen MR) is 98.5 cm³/mol. The van der Waals surface area contributed by atoms with E-state index in [0.29, 0.717) is 16.8 Å². The lowest BCUT2D eigenvalue weighted by molar-refractivity contribution is 0.585. The number of allylic oxidation sites excluding steroid dienone is 1. The first-order valence-electron chi connectivity index (χ1n) is 8.06. The SMILES string of the molecule is C=C1C=Cc2c(-c3ccc(F)cc3F)cccc2N1c1ccc(F)cc1. The predicted octanol–water partition coefficient (Wildman–Crippen LogP) is 6.45. The Kier molecular flexibility index (Phi) is 3.88. The molecule has 0 spiro atoms. The number of rotatable bonds is 2. The molecule has 0 N–H and O–H groups in total. The first-order chi connectivity index (χ1) is 12.5. The van der Waals surface area contributed by atoms with Crippen LogP contribution >= 0.6 is 0 Å². The quantitative estimate of drug-likeness (QED) is 0.514. The van der Waals surface area contributed by atoms with Crippen molar-refractivity contribution in [3.8, 4) is 11.1 Å². The van der Waals surface area contributed by atoms with E-state index in [9.17, 15) is 13.2 Å². The van der Waals surface area contributed by atoms with Gasteiger partial charge in [0.2, 0.25) is 0 Å². The zero-order valence-corrected chi connectivity index (χ0v) is 13.7. The highest BCUT2D eigenvalue weighted by Gasteiger charge is 2.21. The van der Waals surface area contributed by atoms with Gasteiger partial charge in [0.05, 0.1) is 5.69 Å². The van der Waals surface area contributed by atoms with Crippen LogP contribution in [0.15, 0.2) is 79.0 Å². The van der Waals surface area contributed by atoms with E-state index in [2.05, 4.69) is 6.58 Å². The van der Waals surface area contributed by atoms with E-state index in [0.717, 1.165) is 23.0 Å². The summed E-state index contributed by atoms with van der Waals surface area (Å²) in [5.41, 5.74) is 4.01. The standard InChI is InChI=1S/C22H14F3N/c1-14-5-11-20-18(19-12-8-16(24)13-21(19)25)3-2-4-22(20)26(14)17-9-6-15(23)7-10-17/h2-13H,1H2. The lowest BCUT2D eigenvalue weighted by atomic mass is 9.94. The number of benzene rings is 3. The molecule has 0 atom stereocenters. The summed E-state index contributed by atoms with van der Waals surface area (Å²) in [4.78, 5) is 1.87. The summed E-state index contributed by atoms with van der Waals surface area (Å²) in [6, 6.07) is 15.1. The molecule has 3 aromatic rings. The van der Waals surface area contributed by atoms with E-state index in [1.54, 1.807) is 24.3 Å². The Hall–Kier alpha value is -3.27. The van der Waals surface area contributed by atoms with Gasteiger partial charge in [-0.1, -0.05) is 24.8 Å². The van der Waals surface area contributed by atoms with Gasteiger partial charge in [0.15, 0.2) is 0 Å². The molecule has 0 radical (unpaired) electrons. The van der Waals surface area contributed by atoms with Crippen molar-refractivity contribution in [3.05, 3.63) is 102 Å². The number of anilines is 2. The van der Waals surface area contributed by atoms with Crippen LogP contribution in [0.2, 0.25) is 0 Å². The van der Waals surface area contributed by atoms with Gasteiger partial charge in [-0.25, -0.2) is 13.2 Å². The van der Waals surface area contributed by atoms with Gasteiger partial charge in [-0.05, 0) is 54.1 Å². The second-order valence-corrected chi connectivity index (χ2v) is 6.00. The average Bonchev–Trinajstić information content (AvgIpc) is 2.62. The summed E-state index contributed by atoms with van der Waals surface area (Å²) >= 11 is 0. The van der Waals surface area contributed by atoms with Gasteiger partial charge in [0, 0.05) is 28.6 Å². The number of hydrogen-bond acceptors (Lipinski definition) is 1. The van der Waals surface area contributed by atoms with Crippen molar-refractivity contribution in [3.63, 3.8) is 0 Å². The van der Waals surface area contributed by atoms with Gasteiger partial charge in [-0.3, -0.25) is 0 Å². The molecule has 1 aliphatic rings. The zero-order chi connectivity index (χ0) is 18.3. The topological polar surface area (TPSA) is 3.24 Å². The molecule has 0 aliphatic carbocycles.